The highest BCUT2D eigenvalue weighted by atomic mass is 35.5. The number of anilines is 2. The topological polar surface area (TPSA) is 91.8 Å². The predicted octanol–water partition coefficient (Wildman–Crippen LogP) is 5.46. The number of nitrogens with zero attached hydrogens (tertiary/aromatic N) is 2. The molecular formula is C23H28ClN3O4. The smallest absolute Gasteiger partial charge is 0.450 e. The number of carbonyl (C=O) groups is 2. The Morgan fingerprint density at radius 3 is 2.58 bits per heavy atom. The van der Waals surface area contributed by atoms with Gasteiger partial charge in [0.1, 0.15) is 11.9 Å². The number of fused-ring (bicyclic) bond motifs is 1. The summed E-state index contributed by atoms with van der Waals surface area (Å²) in [5.74, 6) is 1.48. The quantitative estimate of drug-likeness (QED) is 0.573. The first kappa shape index (κ1) is 21.7. The van der Waals surface area contributed by atoms with E-state index in [1.54, 1.807) is 6.07 Å². The summed E-state index contributed by atoms with van der Waals surface area (Å²) in [5.41, 5.74) is 1.38. The van der Waals surface area contributed by atoms with Crippen LogP contribution in [0.2, 0.25) is 5.02 Å². The number of amides is 1. The van der Waals surface area contributed by atoms with Crippen LogP contribution in [0.4, 0.5) is 16.3 Å². The third kappa shape index (κ3) is 5.39. The van der Waals surface area contributed by atoms with Crippen molar-refractivity contribution in [3.63, 3.8) is 0 Å². The van der Waals surface area contributed by atoms with Gasteiger partial charge in [0.2, 0.25) is 5.91 Å². The van der Waals surface area contributed by atoms with Crippen molar-refractivity contribution in [1.29, 1.82) is 0 Å². The monoisotopic (exact) mass is 445 g/mol. The molecule has 1 saturated carbocycles. The zero-order valence-electron chi connectivity index (χ0n) is 17.5. The Balaban J connectivity index is 1.44. The number of piperidine rings is 1. The van der Waals surface area contributed by atoms with Crippen LogP contribution in [0.25, 0.3) is 10.9 Å². The van der Waals surface area contributed by atoms with Crippen molar-refractivity contribution in [3.05, 3.63) is 29.3 Å². The molecule has 1 aliphatic heterocycles. The van der Waals surface area contributed by atoms with E-state index in [2.05, 4.69) is 10.2 Å². The van der Waals surface area contributed by atoms with Gasteiger partial charge in [0.15, 0.2) is 0 Å². The fourth-order valence-electron chi connectivity index (χ4n) is 4.65. The fourth-order valence-corrected chi connectivity index (χ4v) is 4.86. The first-order valence-corrected chi connectivity index (χ1v) is 11.4. The molecule has 8 heteroatoms. The van der Waals surface area contributed by atoms with E-state index in [1.165, 1.54) is 25.7 Å². The summed E-state index contributed by atoms with van der Waals surface area (Å²) in [4.78, 5) is 30.1. The number of rotatable bonds is 6. The largest absolute Gasteiger partial charge is 0.506 e. The SMILES string of the molecule is O=C(CCC1CCCC1)Nc1c(Cl)ccc2nc(N3CCC(OC(=O)O)CC3)ccc12. The summed E-state index contributed by atoms with van der Waals surface area (Å²) < 4.78 is 4.88. The highest BCUT2D eigenvalue weighted by Gasteiger charge is 2.23. The maximum Gasteiger partial charge on any atom is 0.506 e. The van der Waals surface area contributed by atoms with Gasteiger partial charge in [-0.2, -0.15) is 0 Å². The highest BCUT2D eigenvalue weighted by molar-refractivity contribution is 6.35. The van der Waals surface area contributed by atoms with Gasteiger partial charge in [0.05, 0.1) is 16.2 Å². The molecule has 2 aliphatic rings. The van der Waals surface area contributed by atoms with Gasteiger partial charge in [0, 0.05) is 37.7 Å². The maximum absolute atomic E-state index is 12.5. The number of carboxylic acid groups (broad SMARTS) is 1. The van der Waals surface area contributed by atoms with E-state index in [0.29, 0.717) is 49.0 Å². The molecule has 0 radical (unpaired) electrons. The van der Waals surface area contributed by atoms with E-state index in [9.17, 15) is 9.59 Å². The van der Waals surface area contributed by atoms with Gasteiger partial charge in [-0.3, -0.25) is 4.79 Å². The molecule has 2 aromatic rings. The second-order valence-corrected chi connectivity index (χ2v) is 8.87. The standard InChI is InChI=1S/C23H28ClN3O4/c24-18-7-8-19-17(22(18)26-21(28)10-5-15-3-1-2-4-15)6-9-20(25-19)27-13-11-16(12-14-27)31-23(29)30/h6-9,15-16H,1-5,10-14H2,(H,26,28)(H,29,30). The Kier molecular flexibility index (Phi) is 6.80. The molecule has 1 aliphatic carbocycles. The third-order valence-electron chi connectivity index (χ3n) is 6.36. The van der Waals surface area contributed by atoms with Crippen LogP contribution < -0.4 is 10.2 Å². The number of hydrogen-bond donors (Lipinski definition) is 2. The molecule has 2 fully saturated rings. The van der Waals surface area contributed by atoms with Gasteiger partial charge >= 0.3 is 6.16 Å². The average Bonchev–Trinajstić information content (AvgIpc) is 3.28. The average molecular weight is 446 g/mol. The Hall–Kier alpha value is -2.54. The number of hydrogen-bond acceptors (Lipinski definition) is 5. The molecule has 0 bridgehead atoms. The van der Waals surface area contributed by atoms with Crippen LogP contribution in [0.3, 0.4) is 0 Å². The van der Waals surface area contributed by atoms with E-state index in [0.717, 1.165) is 23.1 Å². The lowest BCUT2D eigenvalue weighted by atomic mass is 10.0. The van der Waals surface area contributed by atoms with Gasteiger partial charge < -0.3 is 20.1 Å². The Morgan fingerprint density at radius 1 is 1.13 bits per heavy atom. The molecule has 7 nitrogen and oxygen atoms in total. The molecule has 1 aromatic carbocycles. The summed E-state index contributed by atoms with van der Waals surface area (Å²) in [6, 6.07) is 7.48. The van der Waals surface area contributed by atoms with Gasteiger partial charge in [0.25, 0.3) is 0 Å². The van der Waals surface area contributed by atoms with Crippen molar-refractivity contribution in [1.82, 2.24) is 4.98 Å². The lowest BCUT2D eigenvalue weighted by Crippen LogP contribution is -2.38. The second-order valence-electron chi connectivity index (χ2n) is 8.47. The van der Waals surface area contributed by atoms with E-state index in [4.69, 9.17) is 26.4 Å². The van der Waals surface area contributed by atoms with Crippen molar-refractivity contribution >= 4 is 46.1 Å². The van der Waals surface area contributed by atoms with Crippen molar-refractivity contribution < 1.29 is 19.4 Å². The number of halogens is 1. The van der Waals surface area contributed by atoms with Crippen LogP contribution in [0.1, 0.15) is 51.4 Å². The fraction of sp³-hybridized carbons (Fsp3) is 0.522. The number of ether oxygens (including phenoxy) is 1. The van der Waals surface area contributed by atoms with E-state index in [-0.39, 0.29) is 12.0 Å². The normalized spacial score (nSPS) is 17.8. The predicted molar refractivity (Wildman–Crippen MR) is 121 cm³/mol. The minimum atomic E-state index is -1.23. The zero-order valence-corrected chi connectivity index (χ0v) is 18.2. The summed E-state index contributed by atoms with van der Waals surface area (Å²) >= 11 is 6.41. The van der Waals surface area contributed by atoms with Gasteiger partial charge in [-0.05, 0) is 36.6 Å². The van der Waals surface area contributed by atoms with Crippen LogP contribution >= 0.6 is 11.6 Å². The minimum Gasteiger partial charge on any atom is -0.450 e. The van der Waals surface area contributed by atoms with Crippen molar-refractivity contribution in [2.75, 3.05) is 23.3 Å². The van der Waals surface area contributed by atoms with Crippen LogP contribution in [0.5, 0.6) is 0 Å². The molecule has 0 unspecified atom stereocenters. The van der Waals surface area contributed by atoms with E-state index in [1.807, 2.05) is 18.2 Å². The lowest BCUT2D eigenvalue weighted by Gasteiger charge is -2.32. The molecule has 1 aromatic heterocycles. The van der Waals surface area contributed by atoms with Crippen LogP contribution in [0.15, 0.2) is 24.3 Å². The van der Waals surface area contributed by atoms with Crippen molar-refractivity contribution in [2.45, 2.75) is 57.5 Å². The zero-order chi connectivity index (χ0) is 21.8. The Bertz CT molecular complexity index is 953. The van der Waals surface area contributed by atoms with Gasteiger partial charge in [-0.15, -0.1) is 0 Å². The minimum absolute atomic E-state index is 0.00845. The highest BCUT2D eigenvalue weighted by Crippen LogP contribution is 2.33. The summed E-state index contributed by atoms with van der Waals surface area (Å²) in [6.45, 7) is 1.35. The molecule has 0 atom stereocenters. The number of pyridine rings is 1. The maximum atomic E-state index is 12.5. The molecule has 0 spiro atoms. The second kappa shape index (κ2) is 9.73. The van der Waals surface area contributed by atoms with Crippen molar-refractivity contribution in [3.8, 4) is 0 Å². The van der Waals surface area contributed by atoms with Gasteiger partial charge in [-0.25, -0.2) is 9.78 Å². The number of nitrogens with one attached hydrogen (secondary N) is 1. The first-order chi connectivity index (χ1) is 15.0. The summed E-state index contributed by atoms with van der Waals surface area (Å²) in [6.07, 6.45) is 6.23. The van der Waals surface area contributed by atoms with Crippen LogP contribution in [-0.4, -0.2) is 41.3 Å². The van der Waals surface area contributed by atoms with Gasteiger partial charge in [-0.1, -0.05) is 37.3 Å². The molecule has 1 saturated heterocycles. The lowest BCUT2D eigenvalue weighted by molar-refractivity contribution is -0.116. The number of aromatic nitrogens is 1. The van der Waals surface area contributed by atoms with E-state index < -0.39 is 6.16 Å². The molecule has 31 heavy (non-hydrogen) atoms. The Labute approximate surface area is 186 Å². The molecule has 2 heterocycles. The molecule has 2 N–H and O–H groups in total. The third-order valence-corrected chi connectivity index (χ3v) is 6.67. The number of carbonyl (C=O) groups excluding carboxylic acids is 1. The van der Waals surface area contributed by atoms with E-state index >= 15 is 0 Å². The molecule has 166 valence electrons. The summed E-state index contributed by atoms with van der Waals surface area (Å²) in [5, 5.41) is 13.1. The summed E-state index contributed by atoms with van der Waals surface area (Å²) in [7, 11) is 0. The molecular weight excluding hydrogens is 418 g/mol. The van der Waals surface area contributed by atoms with Crippen LogP contribution in [0, 0.1) is 5.92 Å². The first-order valence-electron chi connectivity index (χ1n) is 11.0. The number of benzene rings is 1. The Morgan fingerprint density at radius 2 is 1.87 bits per heavy atom. The van der Waals surface area contributed by atoms with Crippen LogP contribution in [-0.2, 0) is 9.53 Å². The molecule has 1 amide bonds. The molecule has 4 rings (SSSR count). The van der Waals surface area contributed by atoms with Crippen molar-refractivity contribution in [2.24, 2.45) is 5.92 Å².